The Bertz CT molecular complexity index is 611. The Morgan fingerprint density at radius 2 is 1.65 bits per heavy atom. The molecule has 2 nitrogen and oxygen atoms in total. The number of benzene rings is 1. The van der Waals surface area contributed by atoms with Gasteiger partial charge in [-0.2, -0.15) is 13.2 Å². The lowest BCUT2D eigenvalue weighted by Gasteiger charge is -2.23. The molecule has 0 saturated carbocycles. The van der Waals surface area contributed by atoms with Crippen molar-refractivity contribution in [3.05, 3.63) is 51.0 Å². The molecule has 0 aliphatic carbocycles. The highest BCUT2D eigenvalue weighted by Crippen LogP contribution is 2.38. The maximum absolute atomic E-state index is 12.6. The van der Waals surface area contributed by atoms with Crippen LogP contribution in [0.2, 0.25) is 0 Å². The monoisotopic (exact) mass is 301 g/mol. The minimum absolute atomic E-state index is 0.176. The summed E-state index contributed by atoms with van der Waals surface area (Å²) in [7, 11) is 0. The van der Waals surface area contributed by atoms with Crippen molar-refractivity contribution in [3.8, 4) is 0 Å². The third-order valence-corrected chi connectivity index (χ3v) is 4.26. The molecule has 0 aliphatic rings. The van der Waals surface area contributed by atoms with Crippen LogP contribution in [0, 0.1) is 13.8 Å². The minimum Gasteiger partial charge on any atom is -0.380 e. The van der Waals surface area contributed by atoms with Crippen molar-refractivity contribution >= 4 is 11.3 Å². The summed E-state index contributed by atoms with van der Waals surface area (Å²) in [6.45, 7) is 5.23. The van der Waals surface area contributed by atoms with Gasteiger partial charge in [-0.25, -0.2) is 4.98 Å². The molecule has 1 aromatic carbocycles. The van der Waals surface area contributed by atoms with Crippen LogP contribution in [0.25, 0.3) is 0 Å². The van der Waals surface area contributed by atoms with Gasteiger partial charge in [0.25, 0.3) is 0 Å². The molecular formula is C14H14F3NOS. The Hall–Kier alpha value is -1.40. The summed E-state index contributed by atoms with van der Waals surface area (Å²) in [5.74, 6) is 0. The third-order valence-electron chi connectivity index (χ3n) is 3.01. The van der Waals surface area contributed by atoms with E-state index in [9.17, 15) is 18.3 Å². The molecule has 1 aromatic heterocycles. The van der Waals surface area contributed by atoms with Gasteiger partial charge in [0.1, 0.15) is 5.60 Å². The van der Waals surface area contributed by atoms with E-state index in [4.69, 9.17) is 0 Å². The predicted molar refractivity (Wildman–Crippen MR) is 71.7 cm³/mol. The van der Waals surface area contributed by atoms with E-state index in [1.165, 1.54) is 6.92 Å². The van der Waals surface area contributed by atoms with Crippen molar-refractivity contribution in [3.63, 3.8) is 0 Å². The minimum atomic E-state index is -4.48. The number of halogens is 3. The Labute approximate surface area is 118 Å². The van der Waals surface area contributed by atoms with Gasteiger partial charge in [0, 0.05) is 6.20 Å². The van der Waals surface area contributed by atoms with Crippen LogP contribution in [0.3, 0.4) is 0 Å². The standard InChI is InChI=1S/C14H14F3NOS/c1-8-4-9(2)6-10(5-8)13(3,19)11-7-18-12(20-11)14(15,16)17/h4-7,19H,1-3H3. The lowest BCUT2D eigenvalue weighted by atomic mass is 9.92. The topological polar surface area (TPSA) is 33.1 Å². The molecule has 0 amide bonds. The molecule has 0 bridgehead atoms. The van der Waals surface area contributed by atoms with Crippen molar-refractivity contribution in [2.45, 2.75) is 32.5 Å². The van der Waals surface area contributed by atoms with Crippen LogP contribution in [0.4, 0.5) is 13.2 Å². The lowest BCUT2D eigenvalue weighted by molar-refractivity contribution is -0.137. The van der Waals surface area contributed by atoms with Crippen molar-refractivity contribution < 1.29 is 18.3 Å². The van der Waals surface area contributed by atoms with Gasteiger partial charge in [0.05, 0.1) is 4.88 Å². The molecule has 6 heteroatoms. The molecule has 0 aliphatic heterocycles. The first-order valence-corrected chi connectivity index (χ1v) is 6.77. The maximum atomic E-state index is 12.6. The van der Waals surface area contributed by atoms with Crippen LogP contribution >= 0.6 is 11.3 Å². The van der Waals surface area contributed by atoms with Crippen LogP contribution in [0.1, 0.15) is 33.5 Å². The van der Waals surface area contributed by atoms with Crippen LogP contribution in [-0.4, -0.2) is 10.1 Å². The van der Waals surface area contributed by atoms with Crippen molar-refractivity contribution in [2.75, 3.05) is 0 Å². The SMILES string of the molecule is Cc1cc(C)cc(C(C)(O)c2cnc(C(F)(F)F)s2)c1. The Kier molecular flexibility index (Phi) is 3.64. The number of hydrogen-bond donors (Lipinski definition) is 1. The Morgan fingerprint density at radius 3 is 2.10 bits per heavy atom. The molecule has 2 aromatic rings. The molecule has 1 atom stereocenters. The molecule has 0 fully saturated rings. The van der Waals surface area contributed by atoms with Gasteiger partial charge >= 0.3 is 6.18 Å². The third kappa shape index (κ3) is 2.86. The smallest absolute Gasteiger partial charge is 0.380 e. The Morgan fingerprint density at radius 1 is 1.10 bits per heavy atom. The van der Waals surface area contributed by atoms with E-state index in [0.29, 0.717) is 16.9 Å². The first-order valence-electron chi connectivity index (χ1n) is 5.95. The summed E-state index contributed by atoms with van der Waals surface area (Å²) < 4.78 is 37.8. The second-order valence-electron chi connectivity index (χ2n) is 4.98. The summed E-state index contributed by atoms with van der Waals surface area (Å²) >= 11 is 0.467. The van der Waals surface area contributed by atoms with E-state index >= 15 is 0 Å². The molecule has 1 unspecified atom stereocenters. The zero-order chi connectivity index (χ0) is 15.1. The van der Waals surface area contributed by atoms with E-state index in [2.05, 4.69) is 4.98 Å². The average molecular weight is 301 g/mol. The van der Waals surface area contributed by atoms with Gasteiger partial charge < -0.3 is 5.11 Å². The molecule has 1 N–H and O–H groups in total. The van der Waals surface area contributed by atoms with E-state index in [0.717, 1.165) is 17.3 Å². The normalized spacial score (nSPS) is 15.2. The molecule has 20 heavy (non-hydrogen) atoms. The van der Waals surface area contributed by atoms with Crippen molar-refractivity contribution in [1.29, 1.82) is 0 Å². The highest BCUT2D eigenvalue weighted by atomic mass is 32.1. The summed E-state index contributed by atoms with van der Waals surface area (Å²) in [6, 6.07) is 5.47. The van der Waals surface area contributed by atoms with Gasteiger partial charge in [0.2, 0.25) is 0 Å². The van der Waals surface area contributed by atoms with E-state index in [-0.39, 0.29) is 4.88 Å². The number of rotatable bonds is 2. The summed E-state index contributed by atoms with van der Waals surface area (Å²) in [4.78, 5) is 3.53. The first-order chi connectivity index (χ1) is 9.10. The average Bonchev–Trinajstić information content (AvgIpc) is 2.76. The highest BCUT2D eigenvalue weighted by molar-refractivity contribution is 7.11. The summed E-state index contributed by atoms with van der Waals surface area (Å²) in [6.07, 6.45) is -3.40. The number of thiazole rings is 1. The largest absolute Gasteiger partial charge is 0.443 e. The highest BCUT2D eigenvalue weighted by Gasteiger charge is 2.37. The lowest BCUT2D eigenvalue weighted by Crippen LogP contribution is -2.21. The van der Waals surface area contributed by atoms with E-state index in [1.54, 1.807) is 12.1 Å². The van der Waals surface area contributed by atoms with Gasteiger partial charge in [-0.05, 0) is 26.3 Å². The second-order valence-corrected chi connectivity index (χ2v) is 6.01. The molecule has 0 spiro atoms. The predicted octanol–water partition coefficient (Wildman–Crippen LogP) is 4.03. The van der Waals surface area contributed by atoms with Crippen LogP contribution < -0.4 is 0 Å². The zero-order valence-corrected chi connectivity index (χ0v) is 12.1. The number of alkyl halides is 3. The molecule has 1 heterocycles. The number of aryl methyl sites for hydroxylation is 2. The molecule has 108 valence electrons. The zero-order valence-electron chi connectivity index (χ0n) is 11.2. The van der Waals surface area contributed by atoms with Gasteiger partial charge in [-0.3, -0.25) is 0 Å². The quantitative estimate of drug-likeness (QED) is 0.908. The van der Waals surface area contributed by atoms with Gasteiger partial charge in [-0.1, -0.05) is 29.3 Å². The van der Waals surface area contributed by atoms with E-state index < -0.39 is 16.8 Å². The van der Waals surface area contributed by atoms with Crippen molar-refractivity contribution in [2.24, 2.45) is 0 Å². The Balaban J connectivity index is 2.46. The number of hydrogen-bond acceptors (Lipinski definition) is 3. The fraction of sp³-hybridized carbons (Fsp3) is 0.357. The van der Waals surface area contributed by atoms with Gasteiger partial charge in [0.15, 0.2) is 5.01 Å². The molecular weight excluding hydrogens is 287 g/mol. The molecule has 0 saturated heterocycles. The fourth-order valence-corrected chi connectivity index (χ4v) is 2.88. The molecule has 2 rings (SSSR count). The fourth-order valence-electron chi connectivity index (χ4n) is 2.03. The van der Waals surface area contributed by atoms with Crippen LogP contribution in [0.15, 0.2) is 24.4 Å². The number of aliphatic hydroxyl groups is 1. The number of nitrogens with zero attached hydrogens (tertiary/aromatic N) is 1. The van der Waals surface area contributed by atoms with Gasteiger partial charge in [-0.15, -0.1) is 11.3 Å². The van der Waals surface area contributed by atoms with Crippen molar-refractivity contribution in [1.82, 2.24) is 4.98 Å². The summed E-state index contributed by atoms with van der Waals surface area (Å²) in [5, 5.41) is 9.64. The molecule has 0 radical (unpaired) electrons. The van der Waals surface area contributed by atoms with Crippen LogP contribution in [0.5, 0.6) is 0 Å². The second kappa shape index (κ2) is 4.86. The first kappa shape index (κ1) is 15.0. The maximum Gasteiger partial charge on any atom is 0.443 e. The van der Waals surface area contributed by atoms with E-state index in [1.807, 2.05) is 19.9 Å². The summed E-state index contributed by atoms with van der Waals surface area (Å²) in [5.41, 5.74) is 0.965. The number of aromatic nitrogens is 1. The van der Waals surface area contributed by atoms with Crippen LogP contribution in [-0.2, 0) is 11.8 Å².